The Balaban J connectivity index is 1.70. The maximum atomic E-state index is 11.4. The number of carboxylic acids is 1. The van der Waals surface area contributed by atoms with Crippen LogP contribution in [0.15, 0.2) is 18.5 Å². The van der Waals surface area contributed by atoms with Gasteiger partial charge in [-0.15, -0.1) is 0 Å². The second-order valence-electron chi connectivity index (χ2n) is 7.45. The van der Waals surface area contributed by atoms with Crippen molar-refractivity contribution in [1.82, 2.24) is 14.5 Å². The van der Waals surface area contributed by atoms with Gasteiger partial charge in [-0.2, -0.15) is 0 Å². The summed E-state index contributed by atoms with van der Waals surface area (Å²) in [6, 6.07) is 0.279. The highest BCUT2D eigenvalue weighted by atomic mass is 35.5. The Morgan fingerprint density at radius 3 is 2.85 bits per heavy atom. The zero-order chi connectivity index (χ0) is 19.1. The van der Waals surface area contributed by atoms with Crippen LogP contribution in [0.25, 0.3) is 6.08 Å². The van der Waals surface area contributed by atoms with Crippen LogP contribution in [0, 0.1) is 0 Å². The molecule has 2 atom stereocenters. The van der Waals surface area contributed by atoms with Gasteiger partial charge in [0.2, 0.25) is 5.95 Å². The average molecular weight is 387 g/mol. The summed E-state index contributed by atoms with van der Waals surface area (Å²) in [7, 11) is 2.02. The van der Waals surface area contributed by atoms with Crippen LogP contribution in [0.1, 0.15) is 48.2 Å². The van der Waals surface area contributed by atoms with E-state index in [1.165, 1.54) is 16.8 Å². The van der Waals surface area contributed by atoms with E-state index in [1.807, 2.05) is 11.6 Å². The second-order valence-corrected chi connectivity index (χ2v) is 7.89. The first kappa shape index (κ1) is 18.0. The topological polar surface area (TPSA) is 71.2 Å². The molecule has 2 unspecified atom stereocenters. The Hall–Kier alpha value is -2.34. The third-order valence-electron chi connectivity index (χ3n) is 5.74. The van der Waals surface area contributed by atoms with Crippen LogP contribution in [-0.4, -0.2) is 38.7 Å². The van der Waals surface area contributed by atoms with Crippen molar-refractivity contribution in [2.45, 2.75) is 51.1 Å². The van der Waals surface area contributed by atoms with E-state index >= 15 is 0 Å². The number of rotatable bonds is 4. The van der Waals surface area contributed by atoms with Crippen molar-refractivity contribution in [2.24, 2.45) is 0 Å². The minimum absolute atomic E-state index is 0.0233. The van der Waals surface area contributed by atoms with Crippen molar-refractivity contribution < 1.29 is 9.90 Å². The summed E-state index contributed by atoms with van der Waals surface area (Å²) >= 11 is 5.91. The summed E-state index contributed by atoms with van der Waals surface area (Å²) < 4.78 is 2.01. The minimum Gasteiger partial charge on any atom is -0.480 e. The van der Waals surface area contributed by atoms with Crippen molar-refractivity contribution in [2.75, 3.05) is 11.9 Å². The summed E-state index contributed by atoms with van der Waals surface area (Å²) in [5.74, 6) is 0.278. The van der Waals surface area contributed by atoms with Gasteiger partial charge in [-0.3, -0.25) is 4.79 Å². The third-order valence-corrected chi connectivity index (χ3v) is 5.94. The number of hydrogen-bond acceptors (Lipinski definition) is 4. The zero-order valence-electron chi connectivity index (χ0n) is 15.5. The quantitative estimate of drug-likeness (QED) is 0.870. The van der Waals surface area contributed by atoms with E-state index in [0.29, 0.717) is 16.9 Å². The molecule has 0 amide bonds. The number of anilines is 1. The van der Waals surface area contributed by atoms with E-state index in [-0.39, 0.29) is 12.6 Å². The van der Waals surface area contributed by atoms with Crippen molar-refractivity contribution in [3.63, 3.8) is 0 Å². The molecule has 2 heterocycles. The molecule has 0 spiro atoms. The molecule has 0 fully saturated rings. The lowest BCUT2D eigenvalue weighted by Gasteiger charge is -2.32. The van der Waals surface area contributed by atoms with Crippen molar-refractivity contribution in [3.8, 4) is 0 Å². The molecular weight excluding hydrogens is 364 g/mol. The van der Waals surface area contributed by atoms with E-state index in [2.05, 4.69) is 33.9 Å². The SMILES string of the molecule is CC1CC=Cc2c1c1c(n2CC(=O)O)CCC(N(C)c2ncc(Cl)cn2)C1. The number of halogens is 1. The summed E-state index contributed by atoms with van der Waals surface area (Å²) in [6.45, 7) is 2.25. The van der Waals surface area contributed by atoms with Gasteiger partial charge in [-0.1, -0.05) is 24.6 Å². The maximum Gasteiger partial charge on any atom is 0.323 e. The molecule has 2 aromatic rings. The van der Waals surface area contributed by atoms with Crippen LogP contribution < -0.4 is 4.90 Å². The van der Waals surface area contributed by atoms with Gasteiger partial charge < -0.3 is 14.6 Å². The molecule has 0 radical (unpaired) electrons. The van der Waals surface area contributed by atoms with Gasteiger partial charge in [-0.05, 0) is 48.8 Å². The monoisotopic (exact) mass is 386 g/mol. The molecule has 0 saturated heterocycles. The van der Waals surface area contributed by atoms with E-state index in [9.17, 15) is 9.90 Å². The number of carboxylic acid groups (broad SMARTS) is 1. The van der Waals surface area contributed by atoms with Crippen molar-refractivity contribution in [3.05, 3.63) is 46.0 Å². The highest BCUT2D eigenvalue weighted by Gasteiger charge is 2.33. The number of fused-ring (bicyclic) bond motifs is 3. The predicted molar refractivity (Wildman–Crippen MR) is 105 cm³/mol. The van der Waals surface area contributed by atoms with Gasteiger partial charge in [0.1, 0.15) is 6.54 Å². The molecule has 7 heteroatoms. The molecule has 27 heavy (non-hydrogen) atoms. The van der Waals surface area contributed by atoms with Gasteiger partial charge in [0.25, 0.3) is 0 Å². The molecule has 142 valence electrons. The fourth-order valence-electron chi connectivity index (χ4n) is 4.45. The molecule has 2 aromatic heterocycles. The Kier molecular flexibility index (Phi) is 4.68. The molecule has 0 aromatic carbocycles. The first-order valence-electron chi connectivity index (χ1n) is 9.28. The van der Waals surface area contributed by atoms with Gasteiger partial charge >= 0.3 is 5.97 Å². The number of carbonyl (C=O) groups is 1. The van der Waals surface area contributed by atoms with Crippen LogP contribution in [0.3, 0.4) is 0 Å². The van der Waals surface area contributed by atoms with Gasteiger partial charge in [0, 0.05) is 24.5 Å². The van der Waals surface area contributed by atoms with E-state index in [1.54, 1.807) is 12.4 Å². The zero-order valence-corrected chi connectivity index (χ0v) is 16.3. The molecule has 6 nitrogen and oxygen atoms in total. The predicted octanol–water partition coefficient (Wildman–Crippen LogP) is 3.53. The molecule has 0 aliphatic heterocycles. The smallest absolute Gasteiger partial charge is 0.323 e. The number of hydrogen-bond donors (Lipinski definition) is 1. The molecule has 0 saturated carbocycles. The second kappa shape index (κ2) is 7.00. The third kappa shape index (κ3) is 3.23. The normalized spacial score (nSPS) is 20.9. The maximum absolute atomic E-state index is 11.4. The molecule has 0 bridgehead atoms. The summed E-state index contributed by atoms with van der Waals surface area (Å²) in [5, 5.41) is 9.91. The first-order chi connectivity index (χ1) is 13.0. The standard InChI is InChI=1S/C20H23ClN4O2/c1-12-4-3-5-17-19(12)15-8-14(6-7-16(15)25(17)11-18(26)27)24(2)20-22-9-13(21)10-23-20/h3,5,9-10,12,14H,4,6-8,11H2,1-2H3,(H,26,27). The summed E-state index contributed by atoms with van der Waals surface area (Å²) in [5.41, 5.74) is 4.90. The Bertz CT molecular complexity index is 904. The van der Waals surface area contributed by atoms with Crippen LogP contribution in [0.2, 0.25) is 5.02 Å². The largest absolute Gasteiger partial charge is 0.480 e. The van der Waals surface area contributed by atoms with Crippen LogP contribution >= 0.6 is 11.6 Å². The Morgan fingerprint density at radius 2 is 2.15 bits per heavy atom. The molecule has 4 rings (SSSR count). The van der Waals surface area contributed by atoms with Gasteiger partial charge in [0.05, 0.1) is 17.4 Å². The van der Waals surface area contributed by atoms with Crippen LogP contribution in [0.5, 0.6) is 0 Å². The highest BCUT2D eigenvalue weighted by Crippen LogP contribution is 2.40. The summed E-state index contributed by atoms with van der Waals surface area (Å²) in [4.78, 5) is 22.2. The lowest BCUT2D eigenvalue weighted by Crippen LogP contribution is -2.38. The number of nitrogens with zero attached hydrogens (tertiary/aromatic N) is 4. The fraction of sp³-hybridized carbons (Fsp3) is 0.450. The first-order valence-corrected chi connectivity index (χ1v) is 9.66. The Labute approximate surface area is 163 Å². The number of allylic oxidation sites excluding steroid dienone is 1. The van der Waals surface area contributed by atoms with Gasteiger partial charge in [-0.25, -0.2) is 9.97 Å². The lowest BCUT2D eigenvalue weighted by atomic mass is 9.83. The molecule has 1 N–H and O–H groups in total. The fourth-order valence-corrected chi connectivity index (χ4v) is 4.54. The highest BCUT2D eigenvalue weighted by molar-refractivity contribution is 6.30. The van der Waals surface area contributed by atoms with Crippen LogP contribution in [0.4, 0.5) is 5.95 Å². The number of aliphatic carboxylic acids is 1. The minimum atomic E-state index is -0.795. The molecule has 2 aliphatic carbocycles. The summed E-state index contributed by atoms with van der Waals surface area (Å²) in [6.07, 6.45) is 11.2. The van der Waals surface area contributed by atoms with Gasteiger partial charge in [0.15, 0.2) is 0 Å². The van der Waals surface area contributed by atoms with E-state index in [4.69, 9.17) is 11.6 Å². The van der Waals surface area contributed by atoms with Crippen molar-refractivity contribution in [1.29, 1.82) is 0 Å². The van der Waals surface area contributed by atoms with Crippen molar-refractivity contribution >= 4 is 29.6 Å². The number of aromatic nitrogens is 3. The lowest BCUT2D eigenvalue weighted by molar-refractivity contribution is -0.137. The van der Waals surface area contributed by atoms with Crippen LogP contribution in [-0.2, 0) is 24.2 Å². The Morgan fingerprint density at radius 1 is 1.41 bits per heavy atom. The molecule has 2 aliphatic rings. The van der Waals surface area contributed by atoms with E-state index in [0.717, 1.165) is 31.4 Å². The molecular formula is C20H23ClN4O2. The van der Waals surface area contributed by atoms with E-state index < -0.39 is 5.97 Å². The number of likely N-dealkylation sites (N-methyl/N-ethyl adjacent to an activating group) is 1. The average Bonchev–Trinajstić information content (AvgIpc) is 2.96.